The van der Waals surface area contributed by atoms with E-state index in [1.165, 1.54) is 12.8 Å². The molecule has 1 aromatic rings. The molecule has 16 heavy (non-hydrogen) atoms. The van der Waals surface area contributed by atoms with Crippen molar-refractivity contribution in [2.24, 2.45) is 0 Å². The molecule has 0 aliphatic heterocycles. The third-order valence-corrected chi connectivity index (χ3v) is 2.50. The van der Waals surface area contributed by atoms with Crippen molar-refractivity contribution in [3.05, 3.63) is 47.5 Å². The fourth-order valence-corrected chi connectivity index (χ4v) is 1.54. The Kier molecular flexibility index (Phi) is 5.76. The van der Waals surface area contributed by atoms with Crippen LogP contribution in [0.4, 0.5) is 8.78 Å². The van der Waals surface area contributed by atoms with Crippen LogP contribution in [0, 0.1) is 11.6 Å². The second kappa shape index (κ2) is 7.15. The molecular formula is C14H18F2. The fraction of sp³-hybridized carbons (Fsp3) is 0.429. The number of rotatable bonds is 6. The highest BCUT2D eigenvalue weighted by Crippen LogP contribution is 2.13. The van der Waals surface area contributed by atoms with E-state index in [9.17, 15) is 8.78 Å². The molecule has 0 saturated heterocycles. The summed E-state index contributed by atoms with van der Waals surface area (Å²) in [4.78, 5) is 0. The van der Waals surface area contributed by atoms with E-state index in [-0.39, 0.29) is 0 Å². The molecule has 0 N–H and O–H groups in total. The van der Waals surface area contributed by atoms with Gasteiger partial charge in [-0.1, -0.05) is 44.1 Å². The summed E-state index contributed by atoms with van der Waals surface area (Å²) in [5.41, 5.74) is 0.458. The van der Waals surface area contributed by atoms with E-state index in [1.54, 1.807) is 12.1 Å². The molecule has 1 rings (SSSR count). The first-order chi connectivity index (χ1) is 7.75. The molecule has 0 radical (unpaired) electrons. The van der Waals surface area contributed by atoms with E-state index in [1.807, 2.05) is 6.08 Å². The predicted molar refractivity (Wildman–Crippen MR) is 63.3 cm³/mol. The Morgan fingerprint density at radius 1 is 1.12 bits per heavy atom. The molecule has 0 saturated carbocycles. The van der Waals surface area contributed by atoms with Crippen LogP contribution in [0.2, 0.25) is 0 Å². The lowest BCUT2D eigenvalue weighted by molar-refractivity contribution is 0.499. The Morgan fingerprint density at radius 3 is 2.62 bits per heavy atom. The summed E-state index contributed by atoms with van der Waals surface area (Å²) in [6.07, 6.45) is 8.92. The number of benzene rings is 1. The molecule has 0 nitrogen and oxygen atoms in total. The number of allylic oxidation sites excluding steroid dienone is 2. The van der Waals surface area contributed by atoms with Crippen LogP contribution in [0.25, 0.3) is 0 Å². The highest BCUT2D eigenvalue weighted by molar-refractivity contribution is 5.19. The summed E-state index contributed by atoms with van der Waals surface area (Å²) in [6.45, 7) is 2.15. The highest BCUT2D eigenvalue weighted by Gasteiger charge is 2.05. The largest absolute Gasteiger partial charge is 0.204 e. The minimum Gasteiger partial charge on any atom is -0.204 e. The van der Waals surface area contributed by atoms with Crippen LogP contribution in [0.15, 0.2) is 30.4 Å². The molecule has 0 amide bonds. The summed E-state index contributed by atoms with van der Waals surface area (Å²) < 4.78 is 26.1. The fourth-order valence-electron chi connectivity index (χ4n) is 1.54. The van der Waals surface area contributed by atoms with Gasteiger partial charge in [0.2, 0.25) is 0 Å². The van der Waals surface area contributed by atoms with Crippen molar-refractivity contribution >= 4 is 0 Å². The molecular weight excluding hydrogens is 206 g/mol. The first kappa shape index (κ1) is 12.9. The number of halogens is 2. The predicted octanol–water partition coefficient (Wildman–Crippen LogP) is 4.64. The van der Waals surface area contributed by atoms with Crippen LogP contribution in [0.1, 0.15) is 38.2 Å². The Bertz CT molecular complexity index is 343. The van der Waals surface area contributed by atoms with Crippen molar-refractivity contribution in [3.63, 3.8) is 0 Å². The average Bonchev–Trinajstić information content (AvgIpc) is 2.29. The Balaban J connectivity index is 2.37. The third kappa shape index (κ3) is 4.13. The van der Waals surface area contributed by atoms with Gasteiger partial charge in [-0.3, -0.25) is 0 Å². The SMILES string of the molecule is CCCCC=CCCc1cccc(F)c1F. The van der Waals surface area contributed by atoms with Gasteiger partial charge in [-0.15, -0.1) is 0 Å². The van der Waals surface area contributed by atoms with Gasteiger partial charge in [0.25, 0.3) is 0 Å². The molecule has 0 heterocycles. The molecule has 0 aliphatic carbocycles. The highest BCUT2D eigenvalue weighted by atomic mass is 19.2. The lowest BCUT2D eigenvalue weighted by Crippen LogP contribution is -1.93. The monoisotopic (exact) mass is 224 g/mol. The van der Waals surface area contributed by atoms with Crippen molar-refractivity contribution in [2.45, 2.75) is 39.0 Å². The zero-order valence-electron chi connectivity index (χ0n) is 9.68. The molecule has 88 valence electrons. The van der Waals surface area contributed by atoms with Gasteiger partial charge in [0, 0.05) is 0 Å². The van der Waals surface area contributed by atoms with Gasteiger partial charge in [0.15, 0.2) is 11.6 Å². The van der Waals surface area contributed by atoms with Crippen LogP contribution in [-0.4, -0.2) is 0 Å². The Morgan fingerprint density at radius 2 is 1.88 bits per heavy atom. The van der Waals surface area contributed by atoms with Crippen LogP contribution in [-0.2, 0) is 6.42 Å². The van der Waals surface area contributed by atoms with E-state index in [4.69, 9.17) is 0 Å². The van der Waals surface area contributed by atoms with Crippen molar-refractivity contribution in [1.29, 1.82) is 0 Å². The van der Waals surface area contributed by atoms with Gasteiger partial charge in [-0.25, -0.2) is 8.78 Å². The smallest absolute Gasteiger partial charge is 0.162 e. The Hall–Kier alpha value is -1.18. The maximum Gasteiger partial charge on any atom is 0.162 e. The average molecular weight is 224 g/mol. The van der Waals surface area contributed by atoms with Crippen molar-refractivity contribution in [3.8, 4) is 0 Å². The van der Waals surface area contributed by atoms with Crippen LogP contribution < -0.4 is 0 Å². The van der Waals surface area contributed by atoms with Gasteiger partial charge >= 0.3 is 0 Å². The molecule has 2 heteroatoms. The van der Waals surface area contributed by atoms with Crippen molar-refractivity contribution in [1.82, 2.24) is 0 Å². The topological polar surface area (TPSA) is 0 Å². The summed E-state index contributed by atoms with van der Waals surface area (Å²) in [5.74, 6) is -1.46. The van der Waals surface area contributed by atoms with Crippen molar-refractivity contribution < 1.29 is 8.78 Å². The number of hydrogen-bond acceptors (Lipinski definition) is 0. The molecule has 0 fully saturated rings. The Labute approximate surface area is 96.0 Å². The minimum absolute atomic E-state index is 0.458. The van der Waals surface area contributed by atoms with Crippen LogP contribution >= 0.6 is 0 Å². The molecule has 1 aromatic carbocycles. The standard InChI is InChI=1S/C14H18F2/c1-2-3-4-5-6-7-9-12-10-8-11-13(15)14(12)16/h5-6,8,10-11H,2-4,7,9H2,1H3. The second-order valence-electron chi connectivity index (χ2n) is 3.87. The van der Waals surface area contributed by atoms with E-state index in [0.29, 0.717) is 12.0 Å². The number of unbranched alkanes of at least 4 members (excludes halogenated alkanes) is 2. The van der Waals surface area contributed by atoms with Gasteiger partial charge in [0.05, 0.1) is 0 Å². The quantitative estimate of drug-likeness (QED) is 0.487. The minimum atomic E-state index is -0.757. The van der Waals surface area contributed by atoms with Gasteiger partial charge in [0.1, 0.15) is 0 Å². The lowest BCUT2D eigenvalue weighted by atomic mass is 10.1. The van der Waals surface area contributed by atoms with E-state index >= 15 is 0 Å². The van der Waals surface area contributed by atoms with E-state index < -0.39 is 11.6 Å². The third-order valence-electron chi connectivity index (χ3n) is 2.50. The normalized spacial score (nSPS) is 11.2. The summed E-state index contributed by atoms with van der Waals surface area (Å²) >= 11 is 0. The molecule has 0 atom stereocenters. The molecule has 0 bridgehead atoms. The van der Waals surface area contributed by atoms with Gasteiger partial charge < -0.3 is 0 Å². The van der Waals surface area contributed by atoms with Crippen LogP contribution in [0.5, 0.6) is 0 Å². The van der Waals surface area contributed by atoms with Crippen molar-refractivity contribution in [2.75, 3.05) is 0 Å². The van der Waals surface area contributed by atoms with Gasteiger partial charge in [-0.05, 0) is 30.9 Å². The molecule has 0 spiro atoms. The maximum absolute atomic E-state index is 13.2. The van der Waals surface area contributed by atoms with Gasteiger partial charge in [-0.2, -0.15) is 0 Å². The summed E-state index contributed by atoms with van der Waals surface area (Å²) in [7, 11) is 0. The molecule has 0 aromatic heterocycles. The second-order valence-corrected chi connectivity index (χ2v) is 3.87. The summed E-state index contributed by atoms with van der Waals surface area (Å²) in [6, 6.07) is 4.34. The number of hydrogen-bond donors (Lipinski definition) is 0. The first-order valence-corrected chi connectivity index (χ1v) is 5.83. The van der Waals surface area contributed by atoms with E-state index in [2.05, 4.69) is 13.0 Å². The number of aryl methyl sites for hydroxylation is 1. The molecule has 0 aliphatic rings. The van der Waals surface area contributed by atoms with E-state index in [0.717, 1.165) is 18.9 Å². The maximum atomic E-state index is 13.2. The lowest BCUT2D eigenvalue weighted by Gasteiger charge is -2.01. The van der Waals surface area contributed by atoms with Crippen LogP contribution in [0.3, 0.4) is 0 Å². The first-order valence-electron chi connectivity index (χ1n) is 5.83. The zero-order chi connectivity index (χ0) is 11.8. The zero-order valence-corrected chi connectivity index (χ0v) is 9.68. The molecule has 0 unspecified atom stereocenters. The summed E-state index contributed by atoms with van der Waals surface area (Å²) in [5, 5.41) is 0.